The number of nitrogens with zero attached hydrogens (tertiary/aromatic N) is 2. The first kappa shape index (κ1) is 14.2. The summed E-state index contributed by atoms with van der Waals surface area (Å²) in [4.78, 5) is 8.76. The van der Waals surface area contributed by atoms with Gasteiger partial charge in [-0.25, -0.2) is 0 Å². The molecule has 0 saturated heterocycles. The Morgan fingerprint density at radius 2 is 2.00 bits per heavy atom. The molecule has 106 valence electrons. The van der Waals surface area contributed by atoms with Crippen molar-refractivity contribution in [3.05, 3.63) is 70.1 Å². The van der Waals surface area contributed by atoms with Gasteiger partial charge in [-0.1, -0.05) is 18.2 Å². The number of aryl methyl sites for hydroxylation is 1. The van der Waals surface area contributed by atoms with E-state index in [0.717, 1.165) is 38.6 Å². The largest absolute Gasteiger partial charge is 0.324 e. The predicted molar refractivity (Wildman–Crippen MR) is 89.0 cm³/mol. The molecule has 0 aliphatic rings. The first-order chi connectivity index (χ1) is 10.1. The van der Waals surface area contributed by atoms with Crippen molar-refractivity contribution in [1.82, 2.24) is 9.97 Å². The van der Waals surface area contributed by atoms with Crippen LogP contribution in [0.2, 0.25) is 0 Å². The van der Waals surface area contributed by atoms with Crippen LogP contribution < -0.4 is 5.73 Å². The van der Waals surface area contributed by atoms with Gasteiger partial charge < -0.3 is 5.73 Å². The number of rotatable bonds is 3. The molecule has 0 spiro atoms. The topological polar surface area (TPSA) is 51.8 Å². The molecule has 3 rings (SSSR count). The second-order valence-corrected chi connectivity index (χ2v) is 6.11. The van der Waals surface area contributed by atoms with Gasteiger partial charge in [0, 0.05) is 34.0 Å². The quantitative estimate of drug-likeness (QED) is 0.784. The van der Waals surface area contributed by atoms with E-state index in [1.54, 1.807) is 6.20 Å². The maximum absolute atomic E-state index is 6.44. The molecule has 3 aromatic rings. The maximum atomic E-state index is 6.44. The Morgan fingerprint density at radius 3 is 2.81 bits per heavy atom. The number of hydrogen-bond donors (Lipinski definition) is 1. The lowest BCUT2D eigenvalue weighted by Gasteiger charge is -2.15. The maximum Gasteiger partial charge on any atom is 0.0708 e. The number of pyridine rings is 2. The Hall–Kier alpha value is -1.78. The Labute approximate surface area is 132 Å². The third-order valence-electron chi connectivity index (χ3n) is 3.49. The third kappa shape index (κ3) is 3.12. The zero-order valence-corrected chi connectivity index (χ0v) is 13.3. The van der Waals surface area contributed by atoms with Crippen LogP contribution in [0, 0.1) is 6.92 Å². The molecule has 0 aliphatic carbocycles. The van der Waals surface area contributed by atoms with Crippen molar-refractivity contribution < 1.29 is 0 Å². The van der Waals surface area contributed by atoms with Gasteiger partial charge in [0.1, 0.15) is 0 Å². The lowest BCUT2D eigenvalue weighted by molar-refractivity contribution is 0.723. The van der Waals surface area contributed by atoms with Gasteiger partial charge in [0.05, 0.1) is 5.52 Å². The molecule has 2 aromatic heterocycles. The molecular formula is C17H16BrN3. The molecule has 3 nitrogen and oxygen atoms in total. The Balaban J connectivity index is 1.99. The molecule has 0 bridgehead atoms. The number of hydrogen-bond acceptors (Lipinski definition) is 3. The van der Waals surface area contributed by atoms with Crippen LogP contribution in [0.3, 0.4) is 0 Å². The summed E-state index contributed by atoms with van der Waals surface area (Å²) < 4.78 is 0.975. The molecule has 1 aromatic carbocycles. The average Bonchev–Trinajstić information content (AvgIpc) is 2.46. The standard InChI is InChI=1S/C17H16BrN3/c1-11-6-15(14-4-2-3-5-17(14)21-11)16(19)8-12-7-13(18)10-20-9-12/h2-7,9-10,16H,8,19H2,1H3. The number of para-hydroxylation sites is 1. The van der Waals surface area contributed by atoms with Crippen molar-refractivity contribution in [2.45, 2.75) is 19.4 Å². The van der Waals surface area contributed by atoms with Crippen LogP contribution in [0.4, 0.5) is 0 Å². The molecule has 0 aliphatic heterocycles. The summed E-state index contributed by atoms with van der Waals surface area (Å²) in [5.74, 6) is 0. The summed E-state index contributed by atoms with van der Waals surface area (Å²) in [6.07, 6.45) is 4.39. The van der Waals surface area contributed by atoms with E-state index < -0.39 is 0 Å². The zero-order valence-electron chi connectivity index (χ0n) is 11.8. The van der Waals surface area contributed by atoms with E-state index in [4.69, 9.17) is 5.73 Å². The van der Waals surface area contributed by atoms with Crippen LogP contribution in [-0.2, 0) is 6.42 Å². The van der Waals surface area contributed by atoms with E-state index in [2.05, 4.69) is 44.1 Å². The second-order valence-electron chi connectivity index (χ2n) is 5.19. The molecule has 0 radical (unpaired) electrons. The highest BCUT2D eigenvalue weighted by Gasteiger charge is 2.12. The van der Waals surface area contributed by atoms with Crippen molar-refractivity contribution in [3.8, 4) is 0 Å². The molecule has 2 heterocycles. The average molecular weight is 342 g/mol. The third-order valence-corrected chi connectivity index (χ3v) is 3.93. The highest BCUT2D eigenvalue weighted by molar-refractivity contribution is 9.10. The Kier molecular flexibility index (Phi) is 3.99. The number of fused-ring (bicyclic) bond motifs is 1. The summed E-state index contributed by atoms with van der Waals surface area (Å²) >= 11 is 3.45. The fraction of sp³-hybridized carbons (Fsp3) is 0.176. The fourth-order valence-electron chi connectivity index (χ4n) is 2.58. The summed E-state index contributed by atoms with van der Waals surface area (Å²) in [5.41, 5.74) is 10.7. The van der Waals surface area contributed by atoms with Crippen LogP contribution in [0.5, 0.6) is 0 Å². The number of benzene rings is 1. The van der Waals surface area contributed by atoms with Crippen molar-refractivity contribution in [2.24, 2.45) is 5.73 Å². The van der Waals surface area contributed by atoms with Crippen LogP contribution in [0.1, 0.15) is 22.9 Å². The first-order valence-electron chi connectivity index (χ1n) is 6.85. The van der Waals surface area contributed by atoms with Crippen LogP contribution in [0.15, 0.2) is 53.3 Å². The number of nitrogens with two attached hydrogens (primary N) is 1. The SMILES string of the molecule is Cc1cc(C(N)Cc2cncc(Br)c2)c2ccccc2n1. The van der Waals surface area contributed by atoms with Crippen LogP contribution in [0.25, 0.3) is 10.9 Å². The Morgan fingerprint density at radius 1 is 1.19 bits per heavy atom. The molecule has 4 heteroatoms. The first-order valence-corrected chi connectivity index (χ1v) is 7.64. The van der Waals surface area contributed by atoms with E-state index in [-0.39, 0.29) is 6.04 Å². The van der Waals surface area contributed by atoms with E-state index in [1.165, 1.54) is 0 Å². The van der Waals surface area contributed by atoms with Crippen LogP contribution in [-0.4, -0.2) is 9.97 Å². The molecule has 2 N–H and O–H groups in total. The van der Waals surface area contributed by atoms with Crippen molar-refractivity contribution in [3.63, 3.8) is 0 Å². The van der Waals surface area contributed by atoms with Gasteiger partial charge in [0.25, 0.3) is 0 Å². The second kappa shape index (κ2) is 5.92. The summed E-state index contributed by atoms with van der Waals surface area (Å²) in [6.45, 7) is 2.00. The van der Waals surface area contributed by atoms with E-state index in [0.29, 0.717) is 0 Å². The van der Waals surface area contributed by atoms with Crippen molar-refractivity contribution >= 4 is 26.8 Å². The van der Waals surface area contributed by atoms with E-state index >= 15 is 0 Å². The lowest BCUT2D eigenvalue weighted by Crippen LogP contribution is -2.14. The molecule has 1 unspecified atom stereocenters. The Bertz CT molecular complexity index is 786. The van der Waals surface area contributed by atoms with Gasteiger partial charge in [-0.2, -0.15) is 0 Å². The normalized spacial score (nSPS) is 12.5. The van der Waals surface area contributed by atoms with Gasteiger partial charge >= 0.3 is 0 Å². The van der Waals surface area contributed by atoms with Crippen molar-refractivity contribution in [2.75, 3.05) is 0 Å². The monoisotopic (exact) mass is 341 g/mol. The number of halogens is 1. The minimum atomic E-state index is -0.0762. The van der Waals surface area contributed by atoms with Crippen molar-refractivity contribution in [1.29, 1.82) is 0 Å². The predicted octanol–water partition coefficient (Wildman–Crippen LogP) is 3.94. The minimum Gasteiger partial charge on any atom is -0.324 e. The van der Waals surface area contributed by atoms with Gasteiger partial charge in [0.2, 0.25) is 0 Å². The lowest BCUT2D eigenvalue weighted by atomic mass is 9.96. The summed E-state index contributed by atoms with van der Waals surface area (Å²) in [7, 11) is 0. The highest BCUT2D eigenvalue weighted by Crippen LogP contribution is 2.25. The van der Waals surface area contributed by atoms with Gasteiger partial charge in [-0.05, 0) is 58.6 Å². The number of aromatic nitrogens is 2. The zero-order chi connectivity index (χ0) is 14.8. The molecule has 21 heavy (non-hydrogen) atoms. The molecular weight excluding hydrogens is 326 g/mol. The summed E-state index contributed by atoms with van der Waals surface area (Å²) in [5, 5.41) is 1.12. The van der Waals surface area contributed by atoms with Crippen LogP contribution >= 0.6 is 15.9 Å². The molecule has 0 fully saturated rings. The van der Waals surface area contributed by atoms with E-state index in [9.17, 15) is 0 Å². The molecule has 0 saturated carbocycles. The smallest absolute Gasteiger partial charge is 0.0708 e. The molecule has 1 atom stereocenters. The van der Waals surface area contributed by atoms with Gasteiger partial charge in [-0.15, -0.1) is 0 Å². The highest BCUT2D eigenvalue weighted by atomic mass is 79.9. The van der Waals surface area contributed by atoms with Gasteiger partial charge in [-0.3, -0.25) is 9.97 Å². The van der Waals surface area contributed by atoms with E-state index in [1.807, 2.05) is 31.3 Å². The fourth-order valence-corrected chi connectivity index (χ4v) is 2.99. The minimum absolute atomic E-state index is 0.0762. The van der Waals surface area contributed by atoms with Gasteiger partial charge in [0.15, 0.2) is 0 Å². The summed E-state index contributed by atoms with van der Waals surface area (Å²) in [6, 6.07) is 12.2. The molecule has 0 amide bonds.